The van der Waals surface area contributed by atoms with E-state index < -0.39 is 5.97 Å². The molecule has 0 aliphatic rings. The van der Waals surface area contributed by atoms with Crippen LogP contribution in [-0.4, -0.2) is 31.1 Å². The molecule has 0 spiro atoms. The molecule has 0 bridgehead atoms. The van der Waals surface area contributed by atoms with Crippen molar-refractivity contribution in [1.29, 1.82) is 0 Å². The second-order valence-corrected chi connectivity index (χ2v) is 5.92. The Morgan fingerprint density at radius 2 is 1.71 bits per heavy atom. The van der Waals surface area contributed by atoms with Crippen LogP contribution in [-0.2, 0) is 11.2 Å². The van der Waals surface area contributed by atoms with Crippen LogP contribution in [0.2, 0.25) is 0 Å². The predicted octanol–water partition coefficient (Wildman–Crippen LogP) is 2.87. The number of carboxylic acids is 1. The summed E-state index contributed by atoms with van der Waals surface area (Å²) in [6.07, 6.45) is 0.217. The Morgan fingerprint density at radius 3 is 2.29 bits per heavy atom. The molecule has 0 heterocycles. The second kappa shape index (κ2) is 7.64. The van der Waals surface area contributed by atoms with Crippen LogP contribution in [0.1, 0.15) is 34.5 Å². The van der Waals surface area contributed by atoms with E-state index in [0.717, 1.165) is 16.8 Å². The van der Waals surface area contributed by atoms with E-state index in [2.05, 4.69) is 5.32 Å². The van der Waals surface area contributed by atoms with Gasteiger partial charge >= 0.3 is 5.97 Å². The highest BCUT2D eigenvalue weighted by atomic mass is 16.4. The summed E-state index contributed by atoms with van der Waals surface area (Å²) in [6, 6.07) is 14.2. The summed E-state index contributed by atoms with van der Waals surface area (Å²) in [7, 11) is 3.94. The maximum atomic E-state index is 12.3. The third-order valence-corrected chi connectivity index (χ3v) is 3.83. The molecule has 5 nitrogen and oxygen atoms in total. The van der Waals surface area contributed by atoms with Crippen molar-refractivity contribution in [2.24, 2.45) is 0 Å². The van der Waals surface area contributed by atoms with Crippen LogP contribution < -0.4 is 10.2 Å². The van der Waals surface area contributed by atoms with Gasteiger partial charge in [-0.25, -0.2) is 4.79 Å². The van der Waals surface area contributed by atoms with Gasteiger partial charge < -0.3 is 15.3 Å². The number of nitrogens with zero attached hydrogens (tertiary/aromatic N) is 1. The molecule has 0 saturated heterocycles. The van der Waals surface area contributed by atoms with Gasteiger partial charge in [-0.3, -0.25) is 4.79 Å². The number of nitrogens with one attached hydrogen (secondary N) is 1. The molecular formula is C19H22N2O3. The largest absolute Gasteiger partial charge is 0.478 e. The van der Waals surface area contributed by atoms with E-state index in [1.54, 1.807) is 12.1 Å². The van der Waals surface area contributed by atoms with Crippen molar-refractivity contribution in [2.75, 3.05) is 19.0 Å². The predicted molar refractivity (Wildman–Crippen MR) is 94.4 cm³/mol. The third-order valence-electron chi connectivity index (χ3n) is 3.83. The maximum absolute atomic E-state index is 12.3. The molecule has 5 heteroatoms. The van der Waals surface area contributed by atoms with Crippen LogP contribution >= 0.6 is 0 Å². The van der Waals surface area contributed by atoms with Crippen LogP contribution in [0.15, 0.2) is 48.5 Å². The summed E-state index contributed by atoms with van der Waals surface area (Å²) < 4.78 is 0. The minimum Gasteiger partial charge on any atom is -0.478 e. The first-order valence-corrected chi connectivity index (χ1v) is 7.76. The van der Waals surface area contributed by atoms with E-state index >= 15 is 0 Å². The summed E-state index contributed by atoms with van der Waals surface area (Å²) in [4.78, 5) is 25.1. The van der Waals surface area contributed by atoms with Crippen LogP contribution in [0.25, 0.3) is 0 Å². The first-order chi connectivity index (χ1) is 11.4. The lowest BCUT2D eigenvalue weighted by Crippen LogP contribution is -2.29. The second-order valence-electron chi connectivity index (χ2n) is 5.92. The van der Waals surface area contributed by atoms with E-state index in [-0.39, 0.29) is 23.9 Å². The van der Waals surface area contributed by atoms with Gasteiger partial charge in [0, 0.05) is 19.8 Å². The first kappa shape index (κ1) is 17.5. The number of rotatable bonds is 6. The van der Waals surface area contributed by atoms with Gasteiger partial charge in [0.25, 0.3) is 0 Å². The van der Waals surface area contributed by atoms with Gasteiger partial charge in [-0.2, -0.15) is 0 Å². The molecule has 126 valence electrons. The Kier molecular flexibility index (Phi) is 5.58. The molecule has 0 saturated carbocycles. The van der Waals surface area contributed by atoms with Crippen molar-refractivity contribution < 1.29 is 14.7 Å². The lowest BCUT2D eigenvalue weighted by atomic mass is 10.0. The number of carboxylic acid groups (broad SMARTS) is 1. The van der Waals surface area contributed by atoms with E-state index in [4.69, 9.17) is 5.11 Å². The first-order valence-electron chi connectivity index (χ1n) is 7.76. The topological polar surface area (TPSA) is 69.6 Å². The van der Waals surface area contributed by atoms with Gasteiger partial charge in [0.05, 0.1) is 18.0 Å². The van der Waals surface area contributed by atoms with Crippen LogP contribution in [0.4, 0.5) is 5.69 Å². The van der Waals surface area contributed by atoms with Crippen molar-refractivity contribution in [3.8, 4) is 0 Å². The quantitative estimate of drug-likeness (QED) is 0.856. The normalized spacial score (nSPS) is 11.6. The van der Waals surface area contributed by atoms with E-state index in [0.29, 0.717) is 0 Å². The molecule has 1 atom stereocenters. The standard InChI is InChI=1S/C19H22N2O3/c1-13(16-6-4-5-7-17(16)21(2)3)20-18(22)12-14-8-10-15(11-9-14)19(23)24/h4-11,13H,12H2,1-3H3,(H,20,22)(H,23,24)/t13-/m1/s1. The Bertz CT molecular complexity index is 724. The molecule has 0 aliphatic heterocycles. The number of carbonyl (C=O) groups excluding carboxylic acids is 1. The number of hydrogen-bond acceptors (Lipinski definition) is 3. The van der Waals surface area contributed by atoms with Gasteiger partial charge in [-0.05, 0) is 36.2 Å². The van der Waals surface area contributed by atoms with Gasteiger partial charge in [-0.1, -0.05) is 30.3 Å². The van der Waals surface area contributed by atoms with Crippen molar-refractivity contribution in [2.45, 2.75) is 19.4 Å². The fraction of sp³-hybridized carbons (Fsp3) is 0.263. The zero-order valence-corrected chi connectivity index (χ0v) is 14.1. The highest BCUT2D eigenvalue weighted by molar-refractivity contribution is 5.87. The van der Waals surface area contributed by atoms with Crippen molar-refractivity contribution in [3.05, 3.63) is 65.2 Å². The average Bonchev–Trinajstić information content (AvgIpc) is 2.55. The Balaban J connectivity index is 2.03. The molecule has 2 rings (SSSR count). The molecule has 2 aromatic rings. The number of hydrogen-bond donors (Lipinski definition) is 2. The lowest BCUT2D eigenvalue weighted by molar-refractivity contribution is -0.121. The summed E-state index contributed by atoms with van der Waals surface area (Å²) in [5.74, 6) is -1.07. The molecule has 2 N–H and O–H groups in total. The number of amides is 1. The van der Waals surface area contributed by atoms with E-state index in [9.17, 15) is 9.59 Å². The summed E-state index contributed by atoms with van der Waals surface area (Å²) >= 11 is 0. The summed E-state index contributed by atoms with van der Waals surface area (Å²) in [5.41, 5.74) is 3.12. The number of aromatic carboxylic acids is 1. The summed E-state index contributed by atoms with van der Waals surface area (Å²) in [5, 5.41) is 11.9. The zero-order valence-electron chi connectivity index (χ0n) is 14.1. The van der Waals surface area contributed by atoms with E-state index in [1.165, 1.54) is 12.1 Å². The summed E-state index contributed by atoms with van der Waals surface area (Å²) in [6.45, 7) is 1.95. The number of anilines is 1. The fourth-order valence-electron chi connectivity index (χ4n) is 2.58. The highest BCUT2D eigenvalue weighted by Crippen LogP contribution is 2.24. The van der Waals surface area contributed by atoms with Gasteiger partial charge in [-0.15, -0.1) is 0 Å². The molecule has 0 aromatic heterocycles. The smallest absolute Gasteiger partial charge is 0.335 e. The average molecular weight is 326 g/mol. The number of para-hydroxylation sites is 1. The minimum atomic E-state index is -0.972. The molecule has 2 aromatic carbocycles. The lowest BCUT2D eigenvalue weighted by Gasteiger charge is -2.22. The van der Waals surface area contributed by atoms with Crippen LogP contribution in [0.3, 0.4) is 0 Å². The maximum Gasteiger partial charge on any atom is 0.335 e. The van der Waals surface area contributed by atoms with Crippen LogP contribution in [0, 0.1) is 0 Å². The molecule has 1 amide bonds. The van der Waals surface area contributed by atoms with Gasteiger partial charge in [0.15, 0.2) is 0 Å². The zero-order chi connectivity index (χ0) is 17.7. The Morgan fingerprint density at radius 1 is 1.08 bits per heavy atom. The van der Waals surface area contributed by atoms with Crippen molar-refractivity contribution in [1.82, 2.24) is 5.32 Å². The van der Waals surface area contributed by atoms with Crippen molar-refractivity contribution in [3.63, 3.8) is 0 Å². The molecular weight excluding hydrogens is 304 g/mol. The fourth-order valence-corrected chi connectivity index (χ4v) is 2.58. The Labute approximate surface area is 141 Å². The minimum absolute atomic E-state index is 0.0980. The molecule has 24 heavy (non-hydrogen) atoms. The molecule has 0 aliphatic carbocycles. The third kappa shape index (κ3) is 4.35. The SMILES string of the molecule is C[C@@H](NC(=O)Cc1ccc(C(=O)O)cc1)c1ccccc1N(C)C. The van der Waals surface area contributed by atoms with E-state index in [1.807, 2.05) is 50.2 Å². The molecule has 0 unspecified atom stereocenters. The van der Waals surface area contributed by atoms with Crippen molar-refractivity contribution >= 4 is 17.6 Å². The number of benzene rings is 2. The van der Waals surface area contributed by atoms with Gasteiger partial charge in [0.2, 0.25) is 5.91 Å². The van der Waals surface area contributed by atoms with Crippen LogP contribution in [0.5, 0.6) is 0 Å². The highest BCUT2D eigenvalue weighted by Gasteiger charge is 2.14. The molecule has 0 fully saturated rings. The molecule has 0 radical (unpaired) electrons. The monoisotopic (exact) mass is 326 g/mol. The van der Waals surface area contributed by atoms with Gasteiger partial charge in [0.1, 0.15) is 0 Å². The Hall–Kier alpha value is -2.82. The number of carbonyl (C=O) groups is 2.